The van der Waals surface area contributed by atoms with Gasteiger partial charge in [-0.3, -0.25) is 0 Å². The predicted molar refractivity (Wildman–Crippen MR) is 87.0 cm³/mol. The highest BCUT2D eigenvalue weighted by Crippen LogP contribution is 2.30. The van der Waals surface area contributed by atoms with Gasteiger partial charge in [0, 0.05) is 17.0 Å². The monoisotopic (exact) mass is 279 g/mol. The standard InChI is InChI=1S/C18H21N3/c1-12-6-8-14(9-7-12)21-17-15(10-13(2)11-19-17)16(20-21)18(3,4)5/h6-11H,1-5H3. The lowest BCUT2D eigenvalue weighted by atomic mass is 9.90. The first-order chi connectivity index (χ1) is 9.86. The highest BCUT2D eigenvalue weighted by Gasteiger charge is 2.23. The fourth-order valence-corrected chi connectivity index (χ4v) is 2.53. The third-order valence-electron chi connectivity index (χ3n) is 3.65. The van der Waals surface area contributed by atoms with Gasteiger partial charge in [0.1, 0.15) is 0 Å². The highest BCUT2D eigenvalue weighted by molar-refractivity contribution is 5.81. The molecule has 0 aliphatic rings. The lowest BCUT2D eigenvalue weighted by molar-refractivity contribution is 0.565. The Morgan fingerprint density at radius 3 is 2.24 bits per heavy atom. The zero-order chi connectivity index (χ0) is 15.2. The molecular weight excluding hydrogens is 258 g/mol. The number of hydrogen-bond donors (Lipinski definition) is 0. The Hall–Kier alpha value is -2.16. The molecule has 0 spiro atoms. The van der Waals surface area contributed by atoms with Crippen molar-refractivity contribution in [1.82, 2.24) is 14.8 Å². The van der Waals surface area contributed by atoms with Gasteiger partial charge < -0.3 is 0 Å². The number of nitrogens with zero attached hydrogens (tertiary/aromatic N) is 3. The minimum Gasteiger partial charge on any atom is -0.236 e. The van der Waals surface area contributed by atoms with Gasteiger partial charge in [-0.2, -0.15) is 5.10 Å². The maximum atomic E-state index is 4.86. The third kappa shape index (κ3) is 2.44. The van der Waals surface area contributed by atoms with Crippen LogP contribution in [0.15, 0.2) is 36.5 Å². The Morgan fingerprint density at radius 2 is 1.62 bits per heavy atom. The molecule has 0 unspecified atom stereocenters. The van der Waals surface area contributed by atoms with Crippen molar-refractivity contribution < 1.29 is 0 Å². The molecule has 108 valence electrons. The van der Waals surface area contributed by atoms with Gasteiger partial charge in [0.25, 0.3) is 0 Å². The van der Waals surface area contributed by atoms with Crippen LogP contribution >= 0.6 is 0 Å². The highest BCUT2D eigenvalue weighted by atomic mass is 15.3. The summed E-state index contributed by atoms with van der Waals surface area (Å²) in [5, 5.41) is 6.00. The van der Waals surface area contributed by atoms with Crippen LogP contribution in [0.3, 0.4) is 0 Å². The van der Waals surface area contributed by atoms with E-state index in [-0.39, 0.29) is 5.41 Å². The van der Waals surface area contributed by atoms with Crippen LogP contribution in [-0.2, 0) is 5.41 Å². The summed E-state index contributed by atoms with van der Waals surface area (Å²) < 4.78 is 1.95. The topological polar surface area (TPSA) is 30.7 Å². The molecule has 3 nitrogen and oxygen atoms in total. The molecule has 0 atom stereocenters. The predicted octanol–water partition coefficient (Wildman–Crippen LogP) is 4.33. The number of hydrogen-bond acceptors (Lipinski definition) is 2. The fourth-order valence-electron chi connectivity index (χ4n) is 2.53. The van der Waals surface area contributed by atoms with Crippen LogP contribution in [0, 0.1) is 13.8 Å². The summed E-state index contributed by atoms with van der Waals surface area (Å²) in [6, 6.07) is 10.6. The van der Waals surface area contributed by atoms with E-state index in [1.165, 1.54) is 5.56 Å². The van der Waals surface area contributed by atoms with Crippen LogP contribution in [0.25, 0.3) is 16.7 Å². The summed E-state index contributed by atoms with van der Waals surface area (Å²) in [5.74, 6) is 0. The molecule has 0 fully saturated rings. The Morgan fingerprint density at radius 1 is 0.952 bits per heavy atom. The molecule has 0 bridgehead atoms. The van der Waals surface area contributed by atoms with Crippen molar-refractivity contribution in [3.8, 4) is 5.69 Å². The van der Waals surface area contributed by atoms with Gasteiger partial charge >= 0.3 is 0 Å². The smallest absolute Gasteiger partial charge is 0.163 e. The molecule has 0 aliphatic heterocycles. The molecule has 0 radical (unpaired) electrons. The summed E-state index contributed by atoms with van der Waals surface area (Å²) in [7, 11) is 0. The molecule has 3 heteroatoms. The van der Waals surface area contributed by atoms with E-state index >= 15 is 0 Å². The van der Waals surface area contributed by atoms with E-state index in [2.05, 4.69) is 69.9 Å². The number of pyridine rings is 1. The summed E-state index contributed by atoms with van der Waals surface area (Å²) >= 11 is 0. The largest absolute Gasteiger partial charge is 0.236 e. The molecule has 0 amide bonds. The molecular formula is C18H21N3. The van der Waals surface area contributed by atoms with Crippen LogP contribution < -0.4 is 0 Å². The minimum absolute atomic E-state index is 0.0102. The maximum Gasteiger partial charge on any atom is 0.163 e. The molecule has 2 heterocycles. The minimum atomic E-state index is -0.0102. The van der Waals surface area contributed by atoms with Crippen molar-refractivity contribution in [3.05, 3.63) is 53.3 Å². The zero-order valence-electron chi connectivity index (χ0n) is 13.3. The third-order valence-corrected chi connectivity index (χ3v) is 3.65. The van der Waals surface area contributed by atoms with Crippen LogP contribution in [0.2, 0.25) is 0 Å². The van der Waals surface area contributed by atoms with Gasteiger partial charge in [-0.1, -0.05) is 38.5 Å². The summed E-state index contributed by atoms with van der Waals surface area (Å²) in [4.78, 5) is 4.61. The summed E-state index contributed by atoms with van der Waals surface area (Å²) in [6.45, 7) is 10.7. The maximum absolute atomic E-state index is 4.86. The summed E-state index contributed by atoms with van der Waals surface area (Å²) in [5.41, 5.74) is 5.47. The first-order valence-corrected chi connectivity index (χ1v) is 7.29. The van der Waals surface area contributed by atoms with E-state index in [1.807, 2.05) is 10.9 Å². The van der Waals surface area contributed by atoms with E-state index in [0.29, 0.717) is 0 Å². The van der Waals surface area contributed by atoms with E-state index in [0.717, 1.165) is 28.0 Å². The van der Waals surface area contributed by atoms with E-state index in [4.69, 9.17) is 5.10 Å². The van der Waals surface area contributed by atoms with Crippen molar-refractivity contribution in [1.29, 1.82) is 0 Å². The second-order valence-corrected chi connectivity index (χ2v) is 6.73. The Kier molecular flexibility index (Phi) is 3.08. The number of rotatable bonds is 1. The van der Waals surface area contributed by atoms with Crippen molar-refractivity contribution in [3.63, 3.8) is 0 Å². The second-order valence-electron chi connectivity index (χ2n) is 6.73. The fraction of sp³-hybridized carbons (Fsp3) is 0.333. The molecule has 21 heavy (non-hydrogen) atoms. The molecule has 2 aromatic heterocycles. The van der Waals surface area contributed by atoms with Crippen LogP contribution in [0.1, 0.15) is 37.6 Å². The van der Waals surface area contributed by atoms with Gasteiger partial charge in [-0.25, -0.2) is 9.67 Å². The van der Waals surface area contributed by atoms with Crippen LogP contribution in [0.5, 0.6) is 0 Å². The lowest BCUT2D eigenvalue weighted by Crippen LogP contribution is -2.13. The number of aryl methyl sites for hydroxylation is 2. The molecule has 0 aliphatic carbocycles. The van der Waals surface area contributed by atoms with Gasteiger partial charge in [-0.15, -0.1) is 0 Å². The molecule has 0 saturated carbocycles. The van der Waals surface area contributed by atoms with Gasteiger partial charge in [0.2, 0.25) is 0 Å². The van der Waals surface area contributed by atoms with Gasteiger partial charge in [0.15, 0.2) is 5.65 Å². The van der Waals surface area contributed by atoms with Crippen molar-refractivity contribution >= 4 is 11.0 Å². The quantitative estimate of drug-likeness (QED) is 0.663. The van der Waals surface area contributed by atoms with Crippen LogP contribution in [-0.4, -0.2) is 14.8 Å². The Balaban J connectivity index is 2.31. The van der Waals surface area contributed by atoms with E-state index in [9.17, 15) is 0 Å². The number of aromatic nitrogens is 3. The van der Waals surface area contributed by atoms with Crippen molar-refractivity contribution in [2.75, 3.05) is 0 Å². The average Bonchev–Trinajstić information content (AvgIpc) is 2.78. The summed E-state index contributed by atoms with van der Waals surface area (Å²) in [6.07, 6.45) is 1.90. The lowest BCUT2D eigenvalue weighted by Gasteiger charge is -2.15. The number of fused-ring (bicyclic) bond motifs is 1. The van der Waals surface area contributed by atoms with Gasteiger partial charge in [0.05, 0.1) is 11.4 Å². The molecule has 1 aromatic carbocycles. The zero-order valence-corrected chi connectivity index (χ0v) is 13.3. The van der Waals surface area contributed by atoms with E-state index < -0.39 is 0 Å². The average molecular weight is 279 g/mol. The van der Waals surface area contributed by atoms with Crippen molar-refractivity contribution in [2.24, 2.45) is 0 Å². The Bertz CT molecular complexity index is 790. The Labute approximate surface area is 125 Å². The molecule has 0 N–H and O–H groups in total. The molecule has 0 saturated heterocycles. The first kappa shape index (κ1) is 13.8. The van der Waals surface area contributed by atoms with Crippen molar-refractivity contribution in [2.45, 2.75) is 40.0 Å². The second kappa shape index (κ2) is 4.69. The van der Waals surface area contributed by atoms with E-state index in [1.54, 1.807) is 0 Å². The first-order valence-electron chi connectivity index (χ1n) is 7.29. The van der Waals surface area contributed by atoms with Crippen LogP contribution in [0.4, 0.5) is 0 Å². The van der Waals surface area contributed by atoms with Gasteiger partial charge in [-0.05, 0) is 37.6 Å². The number of benzene rings is 1. The molecule has 3 aromatic rings. The SMILES string of the molecule is Cc1ccc(-n2nc(C(C)(C)C)c3cc(C)cnc32)cc1. The normalized spacial score (nSPS) is 12.0. The molecule has 3 rings (SSSR count).